The quantitative estimate of drug-likeness (QED) is 0.834. The van der Waals surface area contributed by atoms with Crippen molar-refractivity contribution in [2.24, 2.45) is 0 Å². The third kappa shape index (κ3) is 3.50. The van der Waals surface area contributed by atoms with Gasteiger partial charge in [-0.05, 0) is 24.1 Å². The topological polar surface area (TPSA) is 76.2 Å². The van der Waals surface area contributed by atoms with E-state index in [2.05, 4.69) is 15.5 Å². The van der Waals surface area contributed by atoms with Gasteiger partial charge in [0.25, 0.3) is 5.56 Å². The molecule has 1 aromatic heterocycles. The van der Waals surface area contributed by atoms with Gasteiger partial charge in [0.2, 0.25) is 0 Å². The second-order valence-electron chi connectivity index (χ2n) is 4.20. The lowest BCUT2D eigenvalue weighted by Gasteiger charge is -2.10. The normalized spacial score (nSPS) is 10.1. The Hall–Kier alpha value is -2.50. The largest absolute Gasteiger partial charge is 0.493 e. The number of hydrogen-bond donors (Lipinski definition) is 2. The molecule has 2 aromatic rings. The smallest absolute Gasteiger partial charge is 0.266 e. The number of aromatic amines is 1. The van der Waals surface area contributed by atoms with Crippen LogP contribution < -0.4 is 20.3 Å². The molecule has 0 atom stereocenters. The van der Waals surface area contributed by atoms with Gasteiger partial charge in [-0.2, -0.15) is 5.10 Å². The Kier molecular flexibility index (Phi) is 4.60. The predicted octanol–water partition coefficient (Wildman–Crippen LogP) is 1.44. The van der Waals surface area contributed by atoms with Crippen LogP contribution in [0, 0.1) is 0 Å². The van der Waals surface area contributed by atoms with Crippen LogP contribution in [0.3, 0.4) is 0 Å². The first-order valence-corrected chi connectivity index (χ1v) is 6.22. The number of aromatic nitrogens is 2. The van der Waals surface area contributed by atoms with E-state index in [0.717, 1.165) is 12.0 Å². The first-order chi connectivity index (χ1) is 9.72. The van der Waals surface area contributed by atoms with Crippen LogP contribution in [0.25, 0.3) is 0 Å². The van der Waals surface area contributed by atoms with Gasteiger partial charge in [0.05, 0.1) is 26.1 Å². The third-order valence-electron chi connectivity index (χ3n) is 2.86. The number of hydrogen-bond acceptors (Lipinski definition) is 5. The Balaban J connectivity index is 1.95. The minimum atomic E-state index is -0.221. The van der Waals surface area contributed by atoms with Crippen molar-refractivity contribution in [1.82, 2.24) is 10.2 Å². The van der Waals surface area contributed by atoms with Crippen molar-refractivity contribution >= 4 is 5.69 Å². The number of anilines is 1. The Morgan fingerprint density at radius 1 is 1.20 bits per heavy atom. The van der Waals surface area contributed by atoms with E-state index in [0.29, 0.717) is 23.7 Å². The van der Waals surface area contributed by atoms with E-state index in [9.17, 15) is 4.79 Å². The van der Waals surface area contributed by atoms with Gasteiger partial charge in [-0.25, -0.2) is 5.10 Å². The van der Waals surface area contributed by atoms with Crippen molar-refractivity contribution < 1.29 is 9.47 Å². The SMILES string of the molecule is COc1ccc(CCNc2cn[nH]c(=O)c2)cc1OC. The van der Waals surface area contributed by atoms with Crippen LogP contribution in [0.4, 0.5) is 5.69 Å². The molecule has 106 valence electrons. The van der Waals surface area contributed by atoms with Gasteiger partial charge < -0.3 is 14.8 Å². The van der Waals surface area contributed by atoms with Gasteiger partial charge in [0.1, 0.15) is 0 Å². The number of nitrogens with one attached hydrogen (secondary N) is 2. The Bertz CT molecular complexity index is 625. The first-order valence-electron chi connectivity index (χ1n) is 6.22. The van der Waals surface area contributed by atoms with Crippen molar-refractivity contribution in [3.8, 4) is 11.5 Å². The molecule has 2 N–H and O–H groups in total. The van der Waals surface area contributed by atoms with Gasteiger partial charge in [0.15, 0.2) is 11.5 Å². The number of nitrogens with zero attached hydrogens (tertiary/aromatic N) is 1. The molecule has 0 unspecified atom stereocenters. The number of rotatable bonds is 6. The highest BCUT2D eigenvalue weighted by Crippen LogP contribution is 2.27. The van der Waals surface area contributed by atoms with E-state index in [1.165, 1.54) is 6.07 Å². The second-order valence-corrected chi connectivity index (χ2v) is 4.20. The minimum Gasteiger partial charge on any atom is -0.493 e. The van der Waals surface area contributed by atoms with Crippen LogP contribution in [0.15, 0.2) is 35.3 Å². The number of benzene rings is 1. The number of ether oxygens (including phenoxy) is 2. The fourth-order valence-corrected chi connectivity index (χ4v) is 1.86. The van der Waals surface area contributed by atoms with Crippen LogP contribution in [0.1, 0.15) is 5.56 Å². The highest BCUT2D eigenvalue weighted by atomic mass is 16.5. The summed E-state index contributed by atoms with van der Waals surface area (Å²) in [4.78, 5) is 11.1. The molecule has 0 radical (unpaired) electrons. The standard InChI is InChI=1S/C14H17N3O3/c1-19-12-4-3-10(7-13(12)20-2)5-6-15-11-8-14(18)17-16-9-11/h3-4,7-9H,5-6H2,1-2H3,(H2,15,17,18). The van der Waals surface area contributed by atoms with Gasteiger partial charge in [-0.15, -0.1) is 0 Å². The molecule has 0 saturated carbocycles. The van der Waals surface area contributed by atoms with Crippen molar-refractivity contribution in [3.05, 3.63) is 46.4 Å². The lowest BCUT2D eigenvalue weighted by molar-refractivity contribution is 0.354. The van der Waals surface area contributed by atoms with Gasteiger partial charge in [-0.1, -0.05) is 6.07 Å². The van der Waals surface area contributed by atoms with Crippen LogP contribution in [-0.4, -0.2) is 31.0 Å². The van der Waals surface area contributed by atoms with Crippen LogP contribution >= 0.6 is 0 Å². The minimum absolute atomic E-state index is 0.221. The van der Waals surface area contributed by atoms with Crippen molar-refractivity contribution in [2.45, 2.75) is 6.42 Å². The molecule has 20 heavy (non-hydrogen) atoms. The van der Waals surface area contributed by atoms with Gasteiger partial charge >= 0.3 is 0 Å². The maximum Gasteiger partial charge on any atom is 0.266 e. The van der Waals surface area contributed by atoms with Crippen molar-refractivity contribution in [2.75, 3.05) is 26.1 Å². The molecule has 2 rings (SSSR count). The average molecular weight is 275 g/mol. The van der Waals surface area contributed by atoms with E-state index in [4.69, 9.17) is 9.47 Å². The van der Waals surface area contributed by atoms with E-state index in [1.54, 1.807) is 20.4 Å². The maximum atomic E-state index is 11.1. The van der Waals surface area contributed by atoms with Crippen molar-refractivity contribution in [1.29, 1.82) is 0 Å². The molecule has 0 aliphatic carbocycles. The average Bonchev–Trinajstić information content (AvgIpc) is 2.47. The van der Waals surface area contributed by atoms with Crippen LogP contribution in [-0.2, 0) is 6.42 Å². The van der Waals surface area contributed by atoms with E-state index in [1.807, 2.05) is 18.2 Å². The number of H-pyrrole nitrogens is 1. The first kappa shape index (κ1) is 13.9. The summed E-state index contributed by atoms with van der Waals surface area (Å²) in [6.45, 7) is 0.695. The van der Waals surface area contributed by atoms with E-state index >= 15 is 0 Å². The molecule has 6 heteroatoms. The fourth-order valence-electron chi connectivity index (χ4n) is 1.86. The summed E-state index contributed by atoms with van der Waals surface area (Å²) in [5.74, 6) is 1.42. The lowest BCUT2D eigenvalue weighted by atomic mass is 10.1. The molecule has 0 aliphatic rings. The van der Waals surface area contributed by atoms with Crippen LogP contribution in [0.5, 0.6) is 11.5 Å². The van der Waals surface area contributed by atoms with Gasteiger partial charge in [-0.3, -0.25) is 4.79 Å². The van der Waals surface area contributed by atoms with E-state index in [-0.39, 0.29) is 5.56 Å². The Labute approximate surface area is 116 Å². The Morgan fingerprint density at radius 2 is 2.00 bits per heavy atom. The predicted molar refractivity (Wildman–Crippen MR) is 76.6 cm³/mol. The van der Waals surface area contributed by atoms with Crippen LogP contribution in [0.2, 0.25) is 0 Å². The summed E-state index contributed by atoms with van der Waals surface area (Å²) in [5, 5.41) is 9.20. The zero-order valence-electron chi connectivity index (χ0n) is 11.5. The Morgan fingerprint density at radius 3 is 2.70 bits per heavy atom. The summed E-state index contributed by atoms with van der Waals surface area (Å²) in [5.41, 5.74) is 1.60. The molecule has 0 spiro atoms. The summed E-state index contributed by atoms with van der Waals surface area (Å²) in [6, 6.07) is 7.28. The molecule has 0 fully saturated rings. The molecule has 1 heterocycles. The highest BCUT2D eigenvalue weighted by Gasteiger charge is 2.04. The summed E-state index contributed by atoms with van der Waals surface area (Å²) in [7, 11) is 3.22. The monoisotopic (exact) mass is 275 g/mol. The fraction of sp³-hybridized carbons (Fsp3) is 0.286. The molecule has 0 bridgehead atoms. The zero-order chi connectivity index (χ0) is 14.4. The molecule has 0 amide bonds. The molecule has 1 aromatic carbocycles. The molecular weight excluding hydrogens is 258 g/mol. The zero-order valence-corrected chi connectivity index (χ0v) is 11.5. The molecule has 6 nitrogen and oxygen atoms in total. The van der Waals surface area contributed by atoms with Gasteiger partial charge in [0, 0.05) is 12.6 Å². The lowest BCUT2D eigenvalue weighted by Crippen LogP contribution is -2.11. The summed E-state index contributed by atoms with van der Waals surface area (Å²) < 4.78 is 10.4. The van der Waals surface area contributed by atoms with E-state index < -0.39 is 0 Å². The molecule has 0 aliphatic heterocycles. The van der Waals surface area contributed by atoms with Crippen molar-refractivity contribution in [3.63, 3.8) is 0 Å². The summed E-state index contributed by atoms with van der Waals surface area (Å²) >= 11 is 0. The molecule has 0 saturated heterocycles. The number of methoxy groups -OCH3 is 2. The summed E-state index contributed by atoms with van der Waals surface area (Å²) in [6.07, 6.45) is 2.38. The highest BCUT2D eigenvalue weighted by molar-refractivity contribution is 5.43. The molecular formula is C14H17N3O3. The maximum absolute atomic E-state index is 11.1. The third-order valence-corrected chi connectivity index (χ3v) is 2.86. The second kappa shape index (κ2) is 6.60.